The zero-order chi connectivity index (χ0) is 15.2. The van der Waals surface area contributed by atoms with Gasteiger partial charge in [0.05, 0.1) is 0 Å². The van der Waals surface area contributed by atoms with Gasteiger partial charge in [-0.15, -0.1) is 0 Å². The van der Waals surface area contributed by atoms with Gasteiger partial charge in [0, 0.05) is 35.9 Å². The molecule has 1 heterocycles. The van der Waals surface area contributed by atoms with E-state index >= 15 is 0 Å². The van der Waals surface area contributed by atoms with E-state index in [1.807, 2.05) is 0 Å². The maximum Gasteiger partial charge on any atom is 0.319 e. The number of likely N-dealkylation sites (tertiary alicyclic amines) is 1. The van der Waals surface area contributed by atoms with Crippen LogP contribution in [0, 0.1) is 0 Å². The van der Waals surface area contributed by atoms with Crippen molar-refractivity contribution in [3.63, 3.8) is 0 Å². The average molecular weight is 310 g/mol. The number of benzene rings is 1. The van der Waals surface area contributed by atoms with Gasteiger partial charge in [-0.25, -0.2) is 4.79 Å². The Bertz CT molecular complexity index is 453. The molecule has 2 amide bonds. The summed E-state index contributed by atoms with van der Waals surface area (Å²) >= 11 is 5.81. The molecule has 0 aromatic heterocycles. The number of hydrogen-bond donors (Lipinski definition) is 2. The van der Waals surface area contributed by atoms with Gasteiger partial charge in [-0.1, -0.05) is 18.0 Å². The number of anilines is 1. The van der Waals surface area contributed by atoms with Crippen LogP contribution in [0.15, 0.2) is 24.3 Å². The van der Waals surface area contributed by atoms with Crippen molar-refractivity contribution < 1.29 is 4.79 Å². The third kappa shape index (κ3) is 4.90. The van der Waals surface area contributed by atoms with Gasteiger partial charge in [-0.3, -0.25) is 4.90 Å². The predicted octanol–water partition coefficient (Wildman–Crippen LogP) is 3.72. The van der Waals surface area contributed by atoms with E-state index in [0.29, 0.717) is 23.7 Å². The van der Waals surface area contributed by atoms with E-state index in [1.54, 1.807) is 24.3 Å². The number of nitrogens with one attached hydrogen (secondary N) is 2. The Balaban J connectivity index is 1.72. The lowest BCUT2D eigenvalue weighted by molar-refractivity contribution is 0.105. The van der Waals surface area contributed by atoms with Crippen molar-refractivity contribution in [3.8, 4) is 0 Å². The molecule has 0 aliphatic carbocycles. The van der Waals surface area contributed by atoms with Gasteiger partial charge in [-0.05, 0) is 51.0 Å². The van der Waals surface area contributed by atoms with Gasteiger partial charge in [0.2, 0.25) is 0 Å². The summed E-state index contributed by atoms with van der Waals surface area (Å²) in [6.07, 6.45) is 3.81. The van der Waals surface area contributed by atoms with Crippen molar-refractivity contribution in [1.29, 1.82) is 0 Å². The van der Waals surface area contributed by atoms with E-state index in [9.17, 15) is 4.79 Å². The van der Waals surface area contributed by atoms with Gasteiger partial charge in [0.1, 0.15) is 0 Å². The zero-order valence-electron chi connectivity index (χ0n) is 12.7. The van der Waals surface area contributed by atoms with Gasteiger partial charge in [0.25, 0.3) is 0 Å². The average Bonchev–Trinajstić information content (AvgIpc) is 2.45. The molecule has 1 aromatic carbocycles. The molecular weight excluding hydrogens is 286 g/mol. The number of piperidine rings is 1. The first-order valence-electron chi connectivity index (χ1n) is 7.62. The highest BCUT2D eigenvalue weighted by molar-refractivity contribution is 6.30. The normalized spacial score (nSPS) is 22.8. The standard InChI is InChI=1S/C16H24ClN3O/c1-12-4-3-5-13(2)20(12)11-10-18-16(21)19-15-8-6-14(17)7-9-15/h6-9,12-13H,3-5,10-11H2,1-2H3,(H2,18,19,21)/t12-,13+. The minimum atomic E-state index is -0.172. The van der Waals surface area contributed by atoms with Crippen LogP contribution in [0.4, 0.5) is 10.5 Å². The quantitative estimate of drug-likeness (QED) is 0.890. The van der Waals surface area contributed by atoms with E-state index in [4.69, 9.17) is 11.6 Å². The maximum absolute atomic E-state index is 11.8. The van der Waals surface area contributed by atoms with Crippen molar-refractivity contribution in [2.75, 3.05) is 18.4 Å². The van der Waals surface area contributed by atoms with Crippen LogP contribution in [0.3, 0.4) is 0 Å². The molecule has 5 heteroatoms. The summed E-state index contributed by atoms with van der Waals surface area (Å²) in [4.78, 5) is 14.3. The molecule has 2 rings (SSSR count). The number of rotatable bonds is 4. The van der Waals surface area contributed by atoms with Crippen molar-refractivity contribution in [2.24, 2.45) is 0 Å². The second-order valence-electron chi connectivity index (χ2n) is 5.75. The number of carbonyl (C=O) groups excluding carboxylic acids is 1. The number of nitrogens with zero attached hydrogens (tertiary/aromatic N) is 1. The van der Waals surface area contributed by atoms with Crippen molar-refractivity contribution in [3.05, 3.63) is 29.3 Å². The van der Waals surface area contributed by atoms with E-state index in [2.05, 4.69) is 29.4 Å². The summed E-state index contributed by atoms with van der Waals surface area (Å²) in [7, 11) is 0. The monoisotopic (exact) mass is 309 g/mol. The Morgan fingerprint density at radius 3 is 2.48 bits per heavy atom. The smallest absolute Gasteiger partial charge is 0.319 e. The summed E-state index contributed by atoms with van der Waals surface area (Å²) < 4.78 is 0. The van der Waals surface area contributed by atoms with E-state index < -0.39 is 0 Å². The molecule has 0 spiro atoms. The third-order valence-corrected chi connectivity index (χ3v) is 4.39. The molecule has 2 atom stereocenters. The van der Waals surface area contributed by atoms with Gasteiger partial charge in [-0.2, -0.15) is 0 Å². The molecule has 1 saturated heterocycles. The van der Waals surface area contributed by atoms with Crippen LogP contribution >= 0.6 is 11.6 Å². The molecule has 1 aromatic rings. The van der Waals surface area contributed by atoms with Crippen LogP contribution in [0.5, 0.6) is 0 Å². The Labute approximate surface area is 131 Å². The Hall–Kier alpha value is -1.26. The summed E-state index contributed by atoms with van der Waals surface area (Å²) in [5.74, 6) is 0. The molecule has 0 saturated carbocycles. The molecule has 0 unspecified atom stereocenters. The van der Waals surface area contributed by atoms with Gasteiger partial charge < -0.3 is 10.6 Å². The van der Waals surface area contributed by atoms with E-state index in [0.717, 1.165) is 12.2 Å². The molecule has 2 N–H and O–H groups in total. The number of carbonyl (C=O) groups is 1. The molecule has 0 bridgehead atoms. The number of hydrogen-bond acceptors (Lipinski definition) is 2. The first-order chi connectivity index (χ1) is 10.1. The number of amides is 2. The second kappa shape index (κ2) is 7.66. The lowest BCUT2D eigenvalue weighted by Crippen LogP contribution is -2.47. The second-order valence-corrected chi connectivity index (χ2v) is 6.19. The molecular formula is C16H24ClN3O. The maximum atomic E-state index is 11.8. The highest BCUT2D eigenvalue weighted by Gasteiger charge is 2.23. The lowest BCUT2D eigenvalue weighted by atomic mass is 9.98. The largest absolute Gasteiger partial charge is 0.337 e. The highest BCUT2D eigenvalue weighted by Crippen LogP contribution is 2.21. The van der Waals surface area contributed by atoms with Crippen LogP contribution in [0.1, 0.15) is 33.1 Å². The summed E-state index contributed by atoms with van der Waals surface area (Å²) in [6.45, 7) is 6.09. The fraction of sp³-hybridized carbons (Fsp3) is 0.562. The van der Waals surface area contributed by atoms with Crippen LogP contribution in [-0.2, 0) is 0 Å². The lowest BCUT2D eigenvalue weighted by Gasteiger charge is -2.39. The highest BCUT2D eigenvalue weighted by atomic mass is 35.5. The molecule has 1 aliphatic heterocycles. The first kappa shape index (κ1) is 16.1. The SMILES string of the molecule is C[C@@H]1CCC[C@H](C)N1CCNC(=O)Nc1ccc(Cl)cc1. The zero-order valence-corrected chi connectivity index (χ0v) is 13.5. The number of halogens is 1. The molecule has 116 valence electrons. The Kier molecular flexibility index (Phi) is 5.88. The third-order valence-electron chi connectivity index (χ3n) is 4.13. The summed E-state index contributed by atoms with van der Waals surface area (Å²) in [5.41, 5.74) is 0.747. The molecule has 1 aliphatic rings. The summed E-state index contributed by atoms with van der Waals surface area (Å²) in [6, 6.07) is 8.13. The molecule has 21 heavy (non-hydrogen) atoms. The van der Waals surface area contributed by atoms with Gasteiger partial charge >= 0.3 is 6.03 Å². The Morgan fingerprint density at radius 2 is 1.86 bits per heavy atom. The topological polar surface area (TPSA) is 44.4 Å². The first-order valence-corrected chi connectivity index (χ1v) is 8.00. The van der Waals surface area contributed by atoms with Crippen molar-refractivity contribution >= 4 is 23.3 Å². The van der Waals surface area contributed by atoms with Crippen LogP contribution in [0.2, 0.25) is 5.02 Å². The Morgan fingerprint density at radius 1 is 1.24 bits per heavy atom. The minimum absolute atomic E-state index is 0.172. The number of urea groups is 1. The fourth-order valence-corrected chi connectivity index (χ4v) is 3.05. The van der Waals surface area contributed by atoms with Crippen LogP contribution in [0.25, 0.3) is 0 Å². The molecule has 1 fully saturated rings. The van der Waals surface area contributed by atoms with Crippen molar-refractivity contribution in [2.45, 2.75) is 45.2 Å². The summed E-state index contributed by atoms with van der Waals surface area (Å²) in [5, 5.41) is 6.37. The fourth-order valence-electron chi connectivity index (χ4n) is 2.92. The van der Waals surface area contributed by atoms with Crippen LogP contribution in [-0.4, -0.2) is 36.1 Å². The van der Waals surface area contributed by atoms with E-state index in [-0.39, 0.29) is 6.03 Å². The van der Waals surface area contributed by atoms with Gasteiger partial charge in [0.15, 0.2) is 0 Å². The van der Waals surface area contributed by atoms with E-state index in [1.165, 1.54) is 19.3 Å². The van der Waals surface area contributed by atoms with Crippen LogP contribution < -0.4 is 10.6 Å². The van der Waals surface area contributed by atoms with Crippen molar-refractivity contribution in [1.82, 2.24) is 10.2 Å². The molecule has 4 nitrogen and oxygen atoms in total. The molecule has 0 radical (unpaired) electrons. The minimum Gasteiger partial charge on any atom is -0.337 e. The predicted molar refractivity (Wildman–Crippen MR) is 88.0 cm³/mol.